The molecule has 0 bridgehead atoms. The molecule has 19 heavy (non-hydrogen) atoms. The van der Waals surface area contributed by atoms with Crippen molar-refractivity contribution in [2.75, 3.05) is 7.11 Å². The highest BCUT2D eigenvalue weighted by atomic mass is 16.5. The summed E-state index contributed by atoms with van der Waals surface area (Å²) in [5.41, 5.74) is 6.80. The molecular formula is C14H15N3O2. The van der Waals surface area contributed by atoms with Crippen LogP contribution in [0.2, 0.25) is 0 Å². The first-order valence-electron chi connectivity index (χ1n) is 5.75. The lowest BCUT2D eigenvalue weighted by molar-refractivity contribution is 0.304. The maximum absolute atomic E-state index is 7.24. The molecule has 3 N–H and O–H groups in total. The Bertz CT molecular complexity index is 550. The number of aromatic nitrogens is 1. The summed E-state index contributed by atoms with van der Waals surface area (Å²) in [7, 11) is 1.63. The monoisotopic (exact) mass is 257 g/mol. The van der Waals surface area contributed by atoms with Gasteiger partial charge in [-0.15, -0.1) is 0 Å². The van der Waals surface area contributed by atoms with Crippen molar-refractivity contribution in [2.45, 2.75) is 6.61 Å². The summed E-state index contributed by atoms with van der Waals surface area (Å²) in [6.07, 6.45) is 1.56. The van der Waals surface area contributed by atoms with Crippen molar-refractivity contribution in [1.82, 2.24) is 4.98 Å². The number of methoxy groups -OCH3 is 1. The number of ether oxygens (including phenoxy) is 2. The predicted molar refractivity (Wildman–Crippen MR) is 72.6 cm³/mol. The quantitative estimate of drug-likeness (QED) is 0.633. The second-order valence-corrected chi connectivity index (χ2v) is 3.93. The Morgan fingerprint density at radius 2 is 1.84 bits per heavy atom. The fourth-order valence-electron chi connectivity index (χ4n) is 1.51. The van der Waals surface area contributed by atoms with Crippen LogP contribution in [0.3, 0.4) is 0 Å². The van der Waals surface area contributed by atoms with Gasteiger partial charge in [-0.1, -0.05) is 12.1 Å². The van der Waals surface area contributed by atoms with Gasteiger partial charge in [0.1, 0.15) is 29.6 Å². The molecule has 0 fully saturated rings. The smallest absolute Gasteiger partial charge is 0.141 e. The lowest BCUT2D eigenvalue weighted by Crippen LogP contribution is -2.12. The summed E-state index contributed by atoms with van der Waals surface area (Å²) in [5.74, 6) is 1.40. The van der Waals surface area contributed by atoms with Crippen LogP contribution in [0.5, 0.6) is 11.5 Å². The minimum absolute atomic E-state index is 0.0540. The molecule has 0 aliphatic rings. The second-order valence-electron chi connectivity index (χ2n) is 3.93. The van der Waals surface area contributed by atoms with Crippen LogP contribution < -0.4 is 15.2 Å². The third-order valence-corrected chi connectivity index (χ3v) is 2.58. The molecule has 5 heteroatoms. The lowest BCUT2D eigenvalue weighted by Gasteiger charge is -2.07. The van der Waals surface area contributed by atoms with E-state index in [1.807, 2.05) is 24.3 Å². The molecule has 5 nitrogen and oxygen atoms in total. The summed E-state index contributed by atoms with van der Waals surface area (Å²) in [6, 6.07) is 11.1. The highest BCUT2D eigenvalue weighted by Crippen LogP contribution is 2.14. The van der Waals surface area contributed by atoms with Crippen LogP contribution in [0.25, 0.3) is 0 Å². The van der Waals surface area contributed by atoms with E-state index in [-0.39, 0.29) is 5.84 Å². The first-order valence-corrected chi connectivity index (χ1v) is 5.75. The Kier molecular flexibility index (Phi) is 3.97. The molecular weight excluding hydrogens is 242 g/mol. The largest absolute Gasteiger partial charge is 0.497 e. The fourth-order valence-corrected chi connectivity index (χ4v) is 1.51. The molecule has 0 saturated carbocycles. The van der Waals surface area contributed by atoms with Gasteiger partial charge in [0, 0.05) is 0 Å². The first kappa shape index (κ1) is 12.9. The molecule has 2 aromatic rings. The number of rotatable bonds is 5. The molecule has 0 aliphatic carbocycles. The summed E-state index contributed by atoms with van der Waals surface area (Å²) in [4.78, 5) is 4.02. The Morgan fingerprint density at radius 3 is 2.37 bits per heavy atom. The first-order chi connectivity index (χ1) is 9.19. The Hall–Kier alpha value is -2.56. The van der Waals surface area contributed by atoms with Crippen LogP contribution in [0.15, 0.2) is 42.6 Å². The summed E-state index contributed by atoms with van der Waals surface area (Å²) < 4.78 is 10.7. The van der Waals surface area contributed by atoms with E-state index in [4.69, 9.17) is 20.6 Å². The molecule has 2 rings (SSSR count). The molecule has 0 spiro atoms. The number of nitrogens with two attached hydrogens (primary N) is 1. The third-order valence-electron chi connectivity index (χ3n) is 2.58. The van der Waals surface area contributed by atoms with Crippen molar-refractivity contribution in [2.24, 2.45) is 5.73 Å². The van der Waals surface area contributed by atoms with Crippen LogP contribution in [0.1, 0.15) is 11.3 Å². The zero-order chi connectivity index (χ0) is 13.7. The van der Waals surface area contributed by atoms with Gasteiger partial charge in [-0.3, -0.25) is 5.41 Å². The minimum atomic E-state index is -0.0540. The van der Waals surface area contributed by atoms with E-state index in [1.165, 1.54) is 0 Å². The number of hydrogen-bond acceptors (Lipinski definition) is 4. The number of nitrogen functional groups attached to an aromatic ring is 1. The van der Waals surface area contributed by atoms with Gasteiger partial charge in [-0.2, -0.15) is 0 Å². The van der Waals surface area contributed by atoms with Crippen LogP contribution in [0, 0.1) is 5.41 Å². The maximum Gasteiger partial charge on any atom is 0.141 e. The van der Waals surface area contributed by atoms with Gasteiger partial charge in [-0.25, -0.2) is 4.98 Å². The molecule has 0 atom stereocenters. The molecule has 1 aromatic carbocycles. The molecule has 1 aromatic heterocycles. The van der Waals surface area contributed by atoms with E-state index >= 15 is 0 Å². The van der Waals surface area contributed by atoms with Gasteiger partial charge in [-0.05, 0) is 29.8 Å². The van der Waals surface area contributed by atoms with Crippen molar-refractivity contribution in [1.29, 1.82) is 5.41 Å². The molecule has 1 heterocycles. The number of amidine groups is 1. The van der Waals surface area contributed by atoms with E-state index in [0.29, 0.717) is 18.1 Å². The zero-order valence-corrected chi connectivity index (χ0v) is 10.6. The molecule has 0 aliphatic heterocycles. The molecule has 0 unspecified atom stereocenters. The van der Waals surface area contributed by atoms with Crippen molar-refractivity contribution in [3.63, 3.8) is 0 Å². The number of pyridine rings is 1. The molecule has 0 radical (unpaired) electrons. The standard InChI is InChI=1S/C14H15N3O2/c1-18-11-4-2-10(3-5-11)9-19-12-6-7-13(14(15)16)17-8-12/h2-8H,9H2,1H3,(H3,15,16). The van der Waals surface area contributed by atoms with E-state index in [2.05, 4.69) is 4.98 Å². The predicted octanol–water partition coefficient (Wildman–Crippen LogP) is 1.95. The average molecular weight is 257 g/mol. The van der Waals surface area contributed by atoms with Crippen LogP contribution in [-0.2, 0) is 6.61 Å². The summed E-state index contributed by atoms with van der Waals surface area (Å²) in [5, 5.41) is 7.24. The highest BCUT2D eigenvalue weighted by molar-refractivity contribution is 5.92. The third kappa shape index (κ3) is 3.45. The van der Waals surface area contributed by atoms with Crippen molar-refractivity contribution in [3.05, 3.63) is 53.9 Å². The molecule has 0 amide bonds. The van der Waals surface area contributed by atoms with Crippen LogP contribution in [0.4, 0.5) is 0 Å². The summed E-state index contributed by atoms with van der Waals surface area (Å²) in [6.45, 7) is 0.449. The lowest BCUT2D eigenvalue weighted by atomic mass is 10.2. The van der Waals surface area contributed by atoms with Crippen molar-refractivity contribution < 1.29 is 9.47 Å². The summed E-state index contributed by atoms with van der Waals surface area (Å²) >= 11 is 0. The topological polar surface area (TPSA) is 81.2 Å². The van der Waals surface area contributed by atoms with Gasteiger partial charge in [0.05, 0.1) is 13.3 Å². The van der Waals surface area contributed by atoms with Gasteiger partial charge in [0.25, 0.3) is 0 Å². The number of nitrogens with zero attached hydrogens (tertiary/aromatic N) is 1. The average Bonchev–Trinajstić information content (AvgIpc) is 2.46. The van der Waals surface area contributed by atoms with Crippen molar-refractivity contribution in [3.8, 4) is 11.5 Å². The second kappa shape index (κ2) is 5.86. The molecule has 98 valence electrons. The van der Waals surface area contributed by atoms with E-state index in [1.54, 1.807) is 25.4 Å². The fraction of sp³-hybridized carbons (Fsp3) is 0.143. The van der Waals surface area contributed by atoms with Crippen LogP contribution in [-0.4, -0.2) is 17.9 Å². The van der Waals surface area contributed by atoms with Gasteiger partial charge < -0.3 is 15.2 Å². The van der Waals surface area contributed by atoms with Gasteiger partial charge in [0.2, 0.25) is 0 Å². The zero-order valence-electron chi connectivity index (χ0n) is 10.6. The van der Waals surface area contributed by atoms with E-state index in [0.717, 1.165) is 11.3 Å². The van der Waals surface area contributed by atoms with Gasteiger partial charge in [0.15, 0.2) is 0 Å². The van der Waals surface area contributed by atoms with Gasteiger partial charge >= 0.3 is 0 Å². The Balaban J connectivity index is 1.95. The maximum atomic E-state index is 7.24. The Morgan fingerprint density at radius 1 is 1.16 bits per heavy atom. The highest BCUT2D eigenvalue weighted by Gasteiger charge is 2.00. The SMILES string of the molecule is COc1ccc(COc2ccc(C(=N)N)nc2)cc1. The van der Waals surface area contributed by atoms with E-state index < -0.39 is 0 Å². The number of benzene rings is 1. The molecule has 0 saturated heterocycles. The number of hydrogen-bond donors (Lipinski definition) is 2. The van der Waals surface area contributed by atoms with Crippen LogP contribution >= 0.6 is 0 Å². The number of nitrogens with one attached hydrogen (secondary N) is 1. The Labute approximate surface area is 111 Å². The van der Waals surface area contributed by atoms with E-state index in [9.17, 15) is 0 Å². The minimum Gasteiger partial charge on any atom is -0.497 e. The normalized spacial score (nSPS) is 9.95. The van der Waals surface area contributed by atoms with Crippen molar-refractivity contribution >= 4 is 5.84 Å².